The number of nitrogens with zero attached hydrogens (tertiary/aromatic N) is 2. The summed E-state index contributed by atoms with van der Waals surface area (Å²) in [6.45, 7) is 2.31. The van der Waals surface area contributed by atoms with Crippen molar-refractivity contribution in [1.82, 2.24) is 14.5 Å². The monoisotopic (exact) mass is 253 g/mol. The van der Waals surface area contributed by atoms with Gasteiger partial charge in [0.25, 0.3) is 0 Å². The molecule has 0 aromatic carbocycles. The maximum Gasteiger partial charge on any atom is 0.247 e. The first-order valence-electron chi connectivity index (χ1n) is 5.49. The zero-order chi connectivity index (χ0) is 12.5. The Morgan fingerprint density at radius 3 is 2.82 bits per heavy atom. The van der Waals surface area contributed by atoms with Gasteiger partial charge >= 0.3 is 0 Å². The first-order valence-corrected chi connectivity index (χ1v) is 6.93. The summed E-state index contributed by atoms with van der Waals surface area (Å²) in [5.41, 5.74) is 0.544. The highest BCUT2D eigenvalue weighted by Crippen LogP contribution is 2.31. The molecule has 1 aromatic rings. The van der Waals surface area contributed by atoms with Gasteiger partial charge < -0.3 is 0 Å². The van der Waals surface area contributed by atoms with E-state index in [1.54, 1.807) is 6.92 Å². The second-order valence-corrected chi connectivity index (χ2v) is 6.21. The van der Waals surface area contributed by atoms with Crippen LogP contribution in [0, 0.1) is 25.2 Å². The number of aromatic amines is 1. The van der Waals surface area contributed by atoms with Crippen LogP contribution in [0.25, 0.3) is 0 Å². The molecule has 1 fully saturated rings. The maximum absolute atomic E-state index is 12.3. The van der Waals surface area contributed by atoms with Crippen molar-refractivity contribution in [3.8, 4) is 12.3 Å². The Bertz CT molecular complexity index is 537. The number of nitrogens with one attached hydrogen (secondary N) is 1. The summed E-state index contributed by atoms with van der Waals surface area (Å²) >= 11 is 0. The van der Waals surface area contributed by atoms with Crippen molar-refractivity contribution in [3.05, 3.63) is 11.9 Å². The number of aromatic nitrogens is 2. The van der Waals surface area contributed by atoms with Crippen LogP contribution < -0.4 is 0 Å². The number of aryl methyl sites for hydroxylation is 1. The number of rotatable bonds is 5. The van der Waals surface area contributed by atoms with Gasteiger partial charge in [-0.15, -0.1) is 6.42 Å². The van der Waals surface area contributed by atoms with E-state index in [9.17, 15) is 8.42 Å². The molecule has 0 amide bonds. The van der Waals surface area contributed by atoms with Crippen molar-refractivity contribution < 1.29 is 8.42 Å². The highest BCUT2D eigenvalue weighted by Gasteiger charge is 2.32. The molecule has 0 saturated heterocycles. The van der Waals surface area contributed by atoms with Gasteiger partial charge in [0.15, 0.2) is 0 Å². The van der Waals surface area contributed by atoms with Gasteiger partial charge in [0.2, 0.25) is 10.0 Å². The third-order valence-electron chi connectivity index (χ3n) is 2.83. The topological polar surface area (TPSA) is 66.1 Å². The van der Waals surface area contributed by atoms with Crippen molar-refractivity contribution >= 4 is 10.0 Å². The predicted octanol–water partition coefficient (Wildman–Crippen LogP) is 0.752. The molecule has 1 heterocycles. The number of hydrogen-bond acceptors (Lipinski definition) is 3. The van der Waals surface area contributed by atoms with Crippen LogP contribution in [0.3, 0.4) is 0 Å². The van der Waals surface area contributed by atoms with Gasteiger partial charge in [-0.2, -0.15) is 9.40 Å². The van der Waals surface area contributed by atoms with E-state index in [2.05, 4.69) is 16.1 Å². The van der Waals surface area contributed by atoms with Crippen LogP contribution in [0.15, 0.2) is 11.1 Å². The Morgan fingerprint density at radius 1 is 1.65 bits per heavy atom. The molecule has 6 heteroatoms. The molecule has 1 aromatic heterocycles. The molecule has 1 N–H and O–H groups in total. The molecule has 17 heavy (non-hydrogen) atoms. The number of terminal acetylenes is 1. The summed E-state index contributed by atoms with van der Waals surface area (Å²) in [4.78, 5) is 0.216. The fourth-order valence-electron chi connectivity index (χ4n) is 1.68. The molecule has 0 spiro atoms. The number of sulfonamides is 1. The molecule has 1 saturated carbocycles. The zero-order valence-electron chi connectivity index (χ0n) is 9.68. The fraction of sp³-hybridized carbons (Fsp3) is 0.545. The Kier molecular flexibility index (Phi) is 3.22. The molecule has 0 atom stereocenters. The van der Waals surface area contributed by atoms with E-state index < -0.39 is 10.0 Å². The van der Waals surface area contributed by atoms with E-state index in [4.69, 9.17) is 6.42 Å². The molecule has 0 bridgehead atoms. The van der Waals surface area contributed by atoms with Crippen LogP contribution in [-0.4, -0.2) is 36.0 Å². The van der Waals surface area contributed by atoms with E-state index in [1.165, 1.54) is 10.5 Å². The van der Waals surface area contributed by atoms with Gasteiger partial charge in [0, 0.05) is 6.54 Å². The van der Waals surface area contributed by atoms with Crippen LogP contribution in [0.1, 0.15) is 18.5 Å². The van der Waals surface area contributed by atoms with Crippen molar-refractivity contribution in [2.75, 3.05) is 13.1 Å². The number of H-pyrrole nitrogens is 1. The van der Waals surface area contributed by atoms with Crippen LogP contribution in [-0.2, 0) is 10.0 Å². The molecular formula is C11H15N3O2S. The lowest BCUT2D eigenvalue weighted by atomic mass is 10.4. The predicted molar refractivity (Wildman–Crippen MR) is 63.6 cm³/mol. The summed E-state index contributed by atoms with van der Waals surface area (Å²) in [6.07, 6.45) is 8.74. The lowest BCUT2D eigenvalue weighted by Crippen LogP contribution is -2.33. The molecule has 0 unspecified atom stereocenters. The Hall–Kier alpha value is -1.32. The minimum Gasteiger partial charge on any atom is -0.281 e. The Morgan fingerprint density at radius 2 is 2.35 bits per heavy atom. The Labute approximate surface area is 101 Å². The highest BCUT2D eigenvalue weighted by atomic mass is 32.2. The minimum atomic E-state index is -3.51. The van der Waals surface area contributed by atoms with E-state index in [-0.39, 0.29) is 11.4 Å². The minimum absolute atomic E-state index is 0.115. The lowest BCUT2D eigenvalue weighted by Gasteiger charge is -2.19. The molecule has 1 aliphatic carbocycles. The molecule has 2 rings (SSSR count). The zero-order valence-corrected chi connectivity index (χ0v) is 10.5. The Balaban J connectivity index is 2.27. The molecule has 1 aliphatic rings. The third-order valence-corrected chi connectivity index (χ3v) is 4.75. The SMILES string of the molecule is C#CCN(CC1CC1)S(=O)(=O)c1cn[nH]c1C. The molecule has 0 radical (unpaired) electrons. The van der Waals surface area contributed by atoms with Gasteiger partial charge in [-0.1, -0.05) is 5.92 Å². The van der Waals surface area contributed by atoms with E-state index in [0.717, 1.165) is 12.8 Å². The van der Waals surface area contributed by atoms with Gasteiger partial charge in [0.1, 0.15) is 4.90 Å². The summed E-state index contributed by atoms with van der Waals surface area (Å²) in [5, 5.41) is 6.38. The van der Waals surface area contributed by atoms with E-state index in [0.29, 0.717) is 18.2 Å². The number of hydrogen-bond donors (Lipinski definition) is 1. The average molecular weight is 253 g/mol. The van der Waals surface area contributed by atoms with E-state index >= 15 is 0 Å². The van der Waals surface area contributed by atoms with Crippen LogP contribution in [0.5, 0.6) is 0 Å². The molecule has 5 nitrogen and oxygen atoms in total. The largest absolute Gasteiger partial charge is 0.281 e. The summed E-state index contributed by atoms with van der Waals surface area (Å²) in [6, 6.07) is 0. The van der Waals surface area contributed by atoms with Crippen LogP contribution in [0.4, 0.5) is 0 Å². The van der Waals surface area contributed by atoms with Crippen LogP contribution in [0.2, 0.25) is 0 Å². The average Bonchev–Trinajstić information content (AvgIpc) is 2.98. The first-order chi connectivity index (χ1) is 8.05. The van der Waals surface area contributed by atoms with Crippen LogP contribution >= 0.6 is 0 Å². The van der Waals surface area contributed by atoms with Gasteiger partial charge in [0.05, 0.1) is 18.4 Å². The standard InChI is InChI=1S/C11H15N3O2S/c1-3-6-14(8-10-4-5-10)17(15,16)11-7-12-13-9(11)2/h1,7,10H,4-6,8H2,2H3,(H,12,13). The fourth-order valence-corrected chi connectivity index (χ4v) is 3.22. The van der Waals surface area contributed by atoms with E-state index in [1.807, 2.05) is 0 Å². The second-order valence-electron chi connectivity index (χ2n) is 4.30. The quantitative estimate of drug-likeness (QED) is 0.788. The van der Waals surface area contributed by atoms with Crippen molar-refractivity contribution in [3.63, 3.8) is 0 Å². The second kappa shape index (κ2) is 4.51. The summed E-state index contributed by atoms with van der Waals surface area (Å²) < 4.78 is 26.0. The highest BCUT2D eigenvalue weighted by molar-refractivity contribution is 7.89. The molecule has 0 aliphatic heterocycles. The first kappa shape index (κ1) is 12.1. The van der Waals surface area contributed by atoms with Gasteiger partial charge in [-0.05, 0) is 25.7 Å². The smallest absolute Gasteiger partial charge is 0.247 e. The van der Waals surface area contributed by atoms with Crippen molar-refractivity contribution in [2.24, 2.45) is 5.92 Å². The normalized spacial score (nSPS) is 16.1. The van der Waals surface area contributed by atoms with Crippen molar-refractivity contribution in [2.45, 2.75) is 24.7 Å². The molecular weight excluding hydrogens is 238 g/mol. The molecule has 92 valence electrons. The third kappa shape index (κ3) is 2.51. The summed E-state index contributed by atoms with van der Waals surface area (Å²) in [5.74, 6) is 2.87. The van der Waals surface area contributed by atoms with Crippen molar-refractivity contribution in [1.29, 1.82) is 0 Å². The maximum atomic E-state index is 12.3. The van der Waals surface area contributed by atoms with Gasteiger partial charge in [-0.25, -0.2) is 8.42 Å². The van der Waals surface area contributed by atoms with Gasteiger partial charge in [-0.3, -0.25) is 5.10 Å². The lowest BCUT2D eigenvalue weighted by molar-refractivity contribution is 0.430. The summed E-state index contributed by atoms with van der Waals surface area (Å²) in [7, 11) is -3.51.